The van der Waals surface area contributed by atoms with E-state index in [0.717, 1.165) is 12.8 Å². The van der Waals surface area contributed by atoms with Crippen LogP contribution in [-0.2, 0) is 18.9 Å². The number of hydrogen-bond acceptors (Lipinski definition) is 6. The molecule has 22 heavy (non-hydrogen) atoms. The van der Waals surface area contributed by atoms with Crippen LogP contribution in [0.4, 0.5) is 0 Å². The summed E-state index contributed by atoms with van der Waals surface area (Å²) in [5.74, 6) is 0. The highest BCUT2D eigenvalue weighted by atomic mass is 16.7. The summed E-state index contributed by atoms with van der Waals surface area (Å²) in [6.07, 6.45) is 2.78. The molecule has 0 amide bonds. The molecule has 0 atom stereocenters. The van der Waals surface area contributed by atoms with E-state index >= 15 is 0 Å². The maximum atomic E-state index is 8.29. The van der Waals surface area contributed by atoms with E-state index < -0.39 is 0 Å². The van der Waals surface area contributed by atoms with E-state index in [0.29, 0.717) is 45.8 Å². The molecule has 0 aliphatic heterocycles. The Hall–Kier alpha value is -0.710. The molecular formula is C16H34N2O4. The maximum absolute atomic E-state index is 8.29. The zero-order valence-electron chi connectivity index (χ0n) is 14.7. The molecule has 0 fully saturated rings. The predicted octanol–water partition coefficient (Wildman–Crippen LogP) is 2.81. The minimum Gasteiger partial charge on any atom is -0.353 e. The molecule has 2 N–H and O–H groups in total. The van der Waals surface area contributed by atoms with Gasteiger partial charge in [-0.1, -0.05) is 0 Å². The van der Waals surface area contributed by atoms with E-state index in [9.17, 15) is 0 Å². The van der Waals surface area contributed by atoms with E-state index in [1.54, 1.807) is 0 Å². The van der Waals surface area contributed by atoms with Crippen LogP contribution in [0.2, 0.25) is 0 Å². The molecule has 0 saturated heterocycles. The molecule has 0 unspecified atom stereocenters. The van der Waals surface area contributed by atoms with Crippen molar-refractivity contribution in [3.05, 3.63) is 0 Å². The van der Waals surface area contributed by atoms with Crippen LogP contribution in [0.5, 0.6) is 0 Å². The molecule has 0 rings (SSSR count). The number of hydrogen-bond donors (Lipinski definition) is 1. The van der Waals surface area contributed by atoms with E-state index in [-0.39, 0.29) is 12.6 Å². The van der Waals surface area contributed by atoms with Gasteiger partial charge in [-0.05, 0) is 47.1 Å². The second kappa shape index (κ2) is 20.3. The average molecular weight is 318 g/mol. The fraction of sp³-hybridized carbons (Fsp3) is 0.938. The van der Waals surface area contributed by atoms with Gasteiger partial charge in [0.15, 0.2) is 12.6 Å². The van der Waals surface area contributed by atoms with Crippen LogP contribution >= 0.6 is 0 Å². The summed E-state index contributed by atoms with van der Waals surface area (Å²) >= 11 is 0. The summed E-state index contributed by atoms with van der Waals surface area (Å²) in [5.41, 5.74) is 5.36. The van der Waals surface area contributed by atoms with Crippen molar-refractivity contribution in [2.24, 2.45) is 5.73 Å². The largest absolute Gasteiger partial charge is 0.353 e. The van der Waals surface area contributed by atoms with Crippen molar-refractivity contribution in [3.63, 3.8) is 0 Å². The summed E-state index contributed by atoms with van der Waals surface area (Å²) in [7, 11) is 0. The van der Waals surface area contributed by atoms with Crippen LogP contribution in [0.3, 0.4) is 0 Å². The van der Waals surface area contributed by atoms with Gasteiger partial charge >= 0.3 is 0 Å². The van der Waals surface area contributed by atoms with Gasteiger partial charge < -0.3 is 24.7 Å². The summed E-state index contributed by atoms with van der Waals surface area (Å²) in [6.45, 7) is 11.1. The first-order valence-electron chi connectivity index (χ1n) is 8.23. The number of nitrogens with two attached hydrogens (primary N) is 1. The number of rotatable bonds is 13. The Morgan fingerprint density at radius 2 is 1.23 bits per heavy atom. The second-order valence-electron chi connectivity index (χ2n) is 4.31. The third kappa shape index (κ3) is 17.3. The maximum Gasteiger partial charge on any atom is 0.158 e. The number of ether oxygens (including phenoxy) is 4. The second-order valence-corrected chi connectivity index (χ2v) is 4.31. The molecule has 132 valence electrons. The van der Waals surface area contributed by atoms with Crippen molar-refractivity contribution in [2.45, 2.75) is 66.0 Å². The highest BCUT2D eigenvalue weighted by molar-refractivity contribution is 4.69. The Morgan fingerprint density at radius 1 is 0.818 bits per heavy atom. The van der Waals surface area contributed by atoms with Gasteiger partial charge in [0.1, 0.15) is 0 Å². The fourth-order valence-corrected chi connectivity index (χ4v) is 1.64. The summed E-state index contributed by atoms with van der Waals surface area (Å²) < 4.78 is 21.0. The Balaban J connectivity index is 0. The highest BCUT2D eigenvalue weighted by Gasteiger charge is 2.06. The van der Waals surface area contributed by atoms with Crippen molar-refractivity contribution < 1.29 is 18.9 Å². The summed E-state index contributed by atoms with van der Waals surface area (Å²) in [4.78, 5) is 0. The fourth-order valence-electron chi connectivity index (χ4n) is 1.64. The van der Waals surface area contributed by atoms with E-state index in [4.69, 9.17) is 29.9 Å². The van der Waals surface area contributed by atoms with Crippen LogP contribution in [0.1, 0.15) is 53.4 Å². The van der Waals surface area contributed by atoms with Gasteiger partial charge in [0.25, 0.3) is 0 Å². The van der Waals surface area contributed by atoms with Crippen LogP contribution in [0.25, 0.3) is 0 Å². The molecule has 0 aromatic rings. The van der Waals surface area contributed by atoms with Crippen molar-refractivity contribution in [3.8, 4) is 6.07 Å². The molecule has 6 heteroatoms. The lowest BCUT2D eigenvalue weighted by molar-refractivity contribution is -0.139. The van der Waals surface area contributed by atoms with Gasteiger partial charge in [-0.3, -0.25) is 0 Å². The number of nitriles is 1. The lowest BCUT2D eigenvalue weighted by atomic mass is 10.3. The van der Waals surface area contributed by atoms with Crippen LogP contribution in [0.15, 0.2) is 0 Å². The molecule has 0 spiro atoms. The first kappa shape index (κ1) is 23.6. The smallest absolute Gasteiger partial charge is 0.158 e. The number of nitrogens with zero attached hydrogens (tertiary/aromatic N) is 1. The van der Waals surface area contributed by atoms with E-state index in [1.807, 2.05) is 27.7 Å². The standard InChI is InChI=1S/C8H19NO2.C8H15NO2/c2*1-3-10-8(11-4-2)6-5-7-9/h8H,3-7,9H2,1-2H3;8H,3-6H2,1-2H3. The lowest BCUT2D eigenvalue weighted by Gasteiger charge is -2.15. The van der Waals surface area contributed by atoms with Gasteiger partial charge in [0, 0.05) is 39.3 Å². The quantitative estimate of drug-likeness (QED) is 0.525. The lowest BCUT2D eigenvalue weighted by Crippen LogP contribution is -2.18. The minimum atomic E-state index is -0.190. The van der Waals surface area contributed by atoms with Crippen molar-refractivity contribution in [2.75, 3.05) is 33.0 Å². The summed E-state index contributed by atoms with van der Waals surface area (Å²) in [6, 6.07) is 2.05. The molecule has 0 radical (unpaired) electrons. The Bertz CT molecular complexity index is 235. The van der Waals surface area contributed by atoms with Crippen molar-refractivity contribution >= 4 is 0 Å². The third-order valence-corrected chi connectivity index (χ3v) is 2.55. The molecule has 0 bridgehead atoms. The normalized spacial score (nSPS) is 10.5. The monoisotopic (exact) mass is 318 g/mol. The molecular weight excluding hydrogens is 284 g/mol. The molecule has 0 aliphatic rings. The Morgan fingerprint density at radius 3 is 1.55 bits per heavy atom. The highest BCUT2D eigenvalue weighted by Crippen LogP contribution is 2.03. The topological polar surface area (TPSA) is 86.7 Å². The molecule has 0 aromatic carbocycles. The molecule has 0 aromatic heterocycles. The zero-order valence-corrected chi connectivity index (χ0v) is 14.7. The van der Waals surface area contributed by atoms with Crippen LogP contribution in [0, 0.1) is 11.3 Å². The first-order chi connectivity index (χ1) is 10.7. The molecule has 0 aliphatic carbocycles. The Labute approximate surface area is 135 Å². The van der Waals surface area contributed by atoms with Gasteiger partial charge in [0.05, 0.1) is 6.07 Å². The zero-order chi connectivity index (χ0) is 17.1. The van der Waals surface area contributed by atoms with Gasteiger partial charge in [0.2, 0.25) is 0 Å². The van der Waals surface area contributed by atoms with Gasteiger partial charge in [-0.2, -0.15) is 5.26 Å². The average Bonchev–Trinajstić information content (AvgIpc) is 2.52. The SMILES string of the molecule is CCOC(CCC#N)OCC.CCOC(CCCN)OCC. The molecule has 0 heterocycles. The van der Waals surface area contributed by atoms with Gasteiger partial charge in [-0.25, -0.2) is 0 Å². The van der Waals surface area contributed by atoms with Crippen molar-refractivity contribution in [1.29, 1.82) is 5.26 Å². The first-order valence-corrected chi connectivity index (χ1v) is 8.23. The third-order valence-electron chi connectivity index (χ3n) is 2.55. The minimum absolute atomic E-state index is 0.0476. The van der Waals surface area contributed by atoms with Crippen molar-refractivity contribution in [1.82, 2.24) is 0 Å². The predicted molar refractivity (Wildman–Crippen MR) is 87.2 cm³/mol. The van der Waals surface area contributed by atoms with E-state index in [1.165, 1.54) is 0 Å². The van der Waals surface area contributed by atoms with E-state index in [2.05, 4.69) is 6.07 Å². The summed E-state index contributed by atoms with van der Waals surface area (Å²) in [5, 5.41) is 8.29. The van der Waals surface area contributed by atoms with Gasteiger partial charge in [-0.15, -0.1) is 0 Å². The Kier molecular flexibility index (Phi) is 21.7. The van der Waals surface area contributed by atoms with Crippen LogP contribution < -0.4 is 5.73 Å². The molecule has 6 nitrogen and oxygen atoms in total. The molecule has 0 saturated carbocycles. The van der Waals surface area contributed by atoms with Crippen LogP contribution in [-0.4, -0.2) is 45.6 Å².